The lowest BCUT2D eigenvalue weighted by atomic mass is 10.0. The molecule has 0 aromatic carbocycles. The molecule has 0 fully saturated rings. The van der Waals surface area contributed by atoms with E-state index in [0.717, 1.165) is 16.8 Å². The number of nitriles is 1. The largest absolute Gasteiger partial charge is 0.390 e. The summed E-state index contributed by atoms with van der Waals surface area (Å²) in [7, 11) is 0. The molecule has 0 spiro atoms. The number of hydrogen-bond donors (Lipinski definition) is 2. The molecule has 4 heterocycles. The summed E-state index contributed by atoms with van der Waals surface area (Å²) in [5, 5.41) is 36.1. The Balaban J connectivity index is 1.76. The van der Waals surface area contributed by atoms with Gasteiger partial charge in [-0.25, -0.2) is 14.6 Å². The van der Waals surface area contributed by atoms with Crippen molar-refractivity contribution in [1.29, 1.82) is 5.26 Å². The van der Waals surface area contributed by atoms with Crippen LogP contribution in [0.4, 0.5) is 5.69 Å². The molecule has 0 atom stereocenters. The molecule has 0 aliphatic rings. The Morgan fingerprint density at radius 3 is 2.71 bits per heavy atom. The first-order valence-corrected chi connectivity index (χ1v) is 9.88. The summed E-state index contributed by atoms with van der Waals surface area (Å²) in [5.74, 6) is 0.580. The molecule has 4 aromatic rings. The second-order valence-corrected chi connectivity index (χ2v) is 8.31. The highest BCUT2D eigenvalue weighted by Gasteiger charge is 2.18. The predicted molar refractivity (Wildman–Crippen MR) is 115 cm³/mol. The van der Waals surface area contributed by atoms with Crippen LogP contribution in [0.25, 0.3) is 22.5 Å². The third kappa shape index (κ3) is 4.36. The summed E-state index contributed by atoms with van der Waals surface area (Å²) < 4.78 is 3.27. The number of fused-ring (bicyclic) bond motifs is 1. The molecule has 0 radical (unpaired) electrons. The van der Waals surface area contributed by atoms with E-state index in [1.165, 1.54) is 6.20 Å². The molecule has 4 rings (SSSR count). The number of nitrogens with one attached hydrogen (secondary N) is 1. The average molecular weight is 417 g/mol. The molecule has 0 unspecified atom stereocenters. The standard InChI is InChI=1S/C21H23N9O/c1-13(2)26-17-6-19(30-20-15(10-25-30)5-14(8-22)9-24-20)23-11-18(17)29-12-16(27-28-29)7-21(3,4)31/h5-6,9-13,31H,7H2,1-4H3,(H,23,26). The lowest BCUT2D eigenvalue weighted by molar-refractivity contribution is 0.0799. The van der Waals surface area contributed by atoms with Gasteiger partial charge in [-0.05, 0) is 33.8 Å². The van der Waals surface area contributed by atoms with Crippen molar-refractivity contribution >= 4 is 16.7 Å². The van der Waals surface area contributed by atoms with Crippen LogP contribution in [0.5, 0.6) is 0 Å². The van der Waals surface area contributed by atoms with E-state index in [1.807, 2.05) is 19.9 Å². The van der Waals surface area contributed by atoms with Crippen LogP contribution in [0.15, 0.2) is 36.9 Å². The fourth-order valence-electron chi connectivity index (χ4n) is 3.25. The van der Waals surface area contributed by atoms with Gasteiger partial charge in [0.1, 0.15) is 11.8 Å². The molecule has 31 heavy (non-hydrogen) atoms. The van der Waals surface area contributed by atoms with E-state index in [-0.39, 0.29) is 6.04 Å². The Morgan fingerprint density at radius 2 is 2.00 bits per heavy atom. The maximum atomic E-state index is 10.1. The normalized spacial score (nSPS) is 11.8. The summed E-state index contributed by atoms with van der Waals surface area (Å²) in [6.07, 6.45) is 7.05. The number of anilines is 1. The SMILES string of the molecule is CC(C)Nc1cc(-n2ncc3cc(C#N)cnc32)ncc1-n1cc(CC(C)(C)O)nn1. The first-order chi connectivity index (χ1) is 14.7. The highest BCUT2D eigenvalue weighted by molar-refractivity contribution is 5.77. The summed E-state index contributed by atoms with van der Waals surface area (Å²) in [4.78, 5) is 8.92. The van der Waals surface area contributed by atoms with E-state index in [2.05, 4.69) is 36.8 Å². The lowest BCUT2D eigenvalue weighted by Crippen LogP contribution is -2.22. The van der Waals surface area contributed by atoms with Gasteiger partial charge in [0.15, 0.2) is 11.5 Å². The van der Waals surface area contributed by atoms with Crippen LogP contribution < -0.4 is 5.32 Å². The molecule has 0 aliphatic heterocycles. The molecule has 0 amide bonds. The zero-order valence-electron chi connectivity index (χ0n) is 17.8. The monoisotopic (exact) mass is 417 g/mol. The number of aromatic nitrogens is 7. The number of nitrogens with zero attached hydrogens (tertiary/aromatic N) is 8. The minimum Gasteiger partial charge on any atom is -0.390 e. The molecule has 0 bridgehead atoms. The molecule has 0 saturated carbocycles. The molecule has 0 saturated heterocycles. The van der Waals surface area contributed by atoms with Crippen molar-refractivity contribution in [3.63, 3.8) is 0 Å². The smallest absolute Gasteiger partial charge is 0.164 e. The Hall–Kier alpha value is -3.84. The second-order valence-electron chi connectivity index (χ2n) is 8.31. The van der Waals surface area contributed by atoms with Crippen molar-refractivity contribution in [2.45, 2.75) is 45.8 Å². The zero-order chi connectivity index (χ0) is 22.2. The minimum atomic E-state index is -0.873. The number of hydrogen-bond acceptors (Lipinski definition) is 8. The maximum Gasteiger partial charge on any atom is 0.164 e. The minimum absolute atomic E-state index is 0.166. The summed E-state index contributed by atoms with van der Waals surface area (Å²) in [6.45, 7) is 7.55. The second kappa shape index (κ2) is 7.77. The van der Waals surface area contributed by atoms with Crippen LogP contribution in [0, 0.1) is 11.3 Å². The third-order valence-corrected chi connectivity index (χ3v) is 4.47. The van der Waals surface area contributed by atoms with Gasteiger partial charge < -0.3 is 10.4 Å². The highest BCUT2D eigenvalue weighted by Crippen LogP contribution is 2.25. The molecule has 0 aliphatic carbocycles. The van der Waals surface area contributed by atoms with Crippen LogP contribution in [0.2, 0.25) is 0 Å². The summed E-state index contributed by atoms with van der Waals surface area (Å²) in [5.41, 5.74) is 2.43. The van der Waals surface area contributed by atoms with Crippen LogP contribution in [-0.4, -0.2) is 51.5 Å². The van der Waals surface area contributed by atoms with Gasteiger partial charge in [0, 0.05) is 30.1 Å². The summed E-state index contributed by atoms with van der Waals surface area (Å²) >= 11 is 0. The van der Waals surface area contributed by atoms with Crippen LogP contribution >= 0.6 is 0 Å². The Labute approximate surface area is 179 Å². The van der Waals surface area contributed by atoms with Crippen molar-refractivity contribution in [1.82, 2.24) is 34.7 Å². The maximum absolute atomic E-state index is 10.1. The van der Waals surface area contributed by atoms with E-state index >= 15 is 0 Å². The van der Waals surface area contributed by atoms with Gasteiger partial charge in [0.05, 0.1) is 41.1 Å². The average Bonchev–Trinajstić information content (AvgIpc) is 3.32. The molecule has 158 valence electrons. The van der Waals surface area contributed by atoms with E-state index in [0.29, 0.717) is 29.1 Å². The van der Waals surface area contributed by atoms with Gasteiger partial charge in [0.25, 0.3) is 0 Å². The first kappa shape index (κ1) is 20.4. The number of aliphatic hydroxyl groups is 1. The molecule has 2 N–H and O–H groups in total. The molecular weight excluding hydrogens is 394 g/mol. The molecule has 4 aromatic heterocycles. The summed E-state index contributed by atoms with van der Waals surface area (Å²) in [6, 6.07) is 5.87. The van der Waals surface area contributed by atoms with Crippen molar-refractivity contribution in [3.8, 4) is 17.6 Å². The lowest BCUT2D eigenvalue weighted by Gasteiger charge is -2.16. The van der Waals surface area contributed by atoms with Crippen molar-refractivity contribution < 1.29 is 5.11 Å². The molecule has 10 nitrogen and oxygen atoms in total. The van der Waals surface area contributed by atoms with Gasteiger partial charge in [0.2, 0.25) is 0 Å². The van der Waals surface area contributed by atoms with E-state index in [9.17, 15) is 5.11 Å². The van der Waals surface area contributed by atoms with Crippen molar-refractivity contribution in [2.75, 3.05) is 5.32 Å². The fourth-order valence-corrected chi connectivity index (χ4v) is 3.25. The quantitative estimate of drug-likeness (QED) is 0.489. The van der Waals surface area contributed by atoms with E-state index < -0.39 is 5.60 Å². The topological polar surface area (TPSA) is 130 Å². The van der Waals surface area contributed by atoms with E-state index in [4.69, 9.17) is 5.26 Å². The van der Waals surface area contributed by atoms with Gasteiger partial charge in [-0.2, -0.15) is 15.0 Å². The highest BCUT2D eigenvalue weighted by atomic mass is 16.3. The Kier molecular flexibility index (Phi) is 5.12. The Bertz CT molecular complexity index is 1270. The predicted octanol–water partition coefficient (Wildman–Crippen LogP) is 2.40. The zero-order valence-corrected chi connectivity index (χ0v) is 17.8. The first-order valence-electron chi connectivity index (χ1n) is 9.88. The third-order valence-electron chi connectivity index (χ3n) is 4.47. The van der Waals surface area contributed by atoms with Crippen LogP contribution in [0.3, 0.4) is 0 Å². The number of rotatable bonds is 6. The van der Waals surface area contributed by atoms with Gasteiger partial charge in [-0.15, -0.1) is 5.10 Å². The molecule has 10 heteroatoms. The van der Waals surface area contributed by atoms with E-state index in [1.54, 1.807) is 47.9 Å². The van der Waals surface area contributed by atoms with Gasteiger partial charge in [-0.1, -0.05) is 5.21 Å². The van der Waals surface area contributed by atoms with Crippen molar-refractivity contribution in [2.24, 2.45) is 0 Å². The Morgan fingerprint density at radius 1 is 1.19 bits per heavy atom. The van der Waals surface area contributed by atoms with Gasteiger partial charge >= 0.3 is 0 Å². The number of pyridine rings is 2. The van der Waals surface area contributed by atoms with Crippen LogP contribution in [0.1, 0.15) is 39.0 Å². The van der Waals surface area contributed by atoms with Crippen LogP contribution in [-0.2, 0) is 6.42 Å². The molecular formula is C21H23N9O. The van der Waals surface area contributed by atoms with Crippen molar-refractivity contribution in [3.05, 3.63) is 48.2 Å². The van der Waals surface area contributed by atoms with Gasteiger partial charge in [-0.3, -0.25) is 0 Å². The fraction of sp³-hybridized carbons (Fsp3) is 0.333.